The molecule has 0 aromatic carbocycles. The van der Waals surface area contributed by atoms with Crippen LogP contribution in [0.1, 0.15) is 25.5 Å². The average molecular weight is 341 g/mol. The standard InChI is InChI=1S/C18H23N5O2/c1-3-25-18(24)21-15-5-4-10-23(12-15)16-11-13(2)20-17(22-16)14-6-8-19-9-7-14/h6-9,11,15H,3-5,10,12H2,1-2H3,(H,21,24). The Balaban J connectivity index is 1.77. The number of hydrogen-bond acceptors (Lipinski definition) is 6. The molecule has 2 aromatic rings. The Labute approximate surface area is 147 Å². The summed E-state index contributed by atoms with van der Waals surface area (Å²) in [6.45, 7) is 5.77. The van der Waals surface area contributed by atoms with Crippen molar-refractivity contribution in [1.82, 2.24) is 20.3 Å². The first kappa shape index (κ1) is 17.1. The summed E-state index contributed by atoms with van der Waals surface area (Å²) >= 11 is 0. The zero-order chi connectivity index (χ0) is 17.6. The number of carbonyl (C=O) groups is 1. The van der Waals surface area contributed by atoms with Crippen molar-refractivity contribution >= 4 is 11.9 Å². The molecule has 1 fully saturated rings. The number of aromatic nitrogens is 3. The second-order valence-corrected chi connectivity index (χ2v) is 6.08. The maximum Gasteiger partial charge on any atom is 0.407 e. The summed E-state index contributed by atoms with van der Waals surface area (Å²) in [5.41, 5.74) is 1.86. The van der Waals surface area contributed by atoms with Crippen LogP contribution >= 0.6 is 0 Å². The molecule has 0 radical (unpaired) electrons. The number of alkyl carbamates (subject to hydrolysis) is 1. The highest BCUT2D eigenvalue weighted by atomic mass is 16.5. The molecule has 0 saturated carbocycles. The molecular formula is C18H23N5O2. The fourth-order valence-corrected chi connectivity index (χ4v) is 2.99. The van der Waals surface area contributed by atoms with Crippen molar-refractivity contribution in [3.8, 4) is 11.4 Å². The Morgan fingerprint density at radius 3 is 2.92 bits per heavy atom. The van der Waals surface area contributed by atoms with Gasteiger partial charge in [-0.05, 0) is 38.8 Å². The van der Waals surface area contributed by atoms with E-state index in [1.807, 2.05) is 25.1 Å². The van der Waals surface area contributed by atoms with Crippen molar-refractivity contribution in [3.05, 3.63) is 36.3 Å². The maximum absolute atomic E-state index is 11.7. The number of aryl methyl sites for hydroxylation is 1. The normalized spacial score (nSPS) is 17.2. The Hall–Kier alpha value is -2.70. The lowest BCUT2D eigenvalue weighted by molar-refractivity contribution is 0.146. The molecular weight excluding hydrogens is 318 g/mol. The summed E-state index contributed by atoms with van der Waals surface area (Å²) in [6, 6.07) is 5.85. The molecule has 132 valence electrons. The first-order valence-corrected chi connectivity index (χ1v) is 8.60. The monoisotopic (exact) mass is 341 g/mol. The van der Waals surface area contributed by atoms with E-state index in [0.717, 1.165) is 36.5 Å². The minimum atomic E-state index is -0.356. The van der Waals surface area contributed by atoms with Gasteiger partial charge in [0.05, 0.1) is 6.61 Å². The number of nitrogens with one attached hydrogen (secondary N) is 1. The smallest absolute Gasteiger partial charge is 0.407 e. The number of piperidine rings is 1. The summed E-state index contributed by atoms with van der Waals surface area (Å²) in [5.74, 6) is 1.58. The first-order chi connectivity index (χ1) is 12.2. The Kier molecular flexibility index (Phi) is 5.42. The van der Waals surface area contributed by atoms with Gasteiger partial charge in [-0.15, -0.1) is 0 Å². The third-order valence-corrected chi connectivity index (χ3v) is 4.12. The van der Waals surface area contributed by atoms with Gasteiger partial charge in [-0.2, -0.15) is 0 Å². The van der Waals surface area contributed by atoms with Crippen molar-refractivity contribution in [1.29, 1.82) is 0 Å². The lowest BCUT2D eigenvalue weighted by Gasteiger charge is -2.34. The topological polar surface area (TPSA) is 80.2 Å². The van der Waals surface area contributed by atoms with Gasteiger partial charge >= 0.3 is 6.09 Å². The van der Waals surface area contributed by atoms with Gasteiger partial charge in [0.15, 0.2) is 5.82 Å². The number of nitrogens with zero attached hydrogens (tertiary/aromatic N) is 4. The van der Waals surface area contributed by atoms with Crippen LogP contribution in [0, 0.1) is 6.92 Å². The summed E-state index contributed by atoms with van der Waals surface area (Å²) in [5, 5.41) is 2.93. The van der Waals surface area contributed by atoms with E-state index >= 15 is 0 Å². The van der Waals surface area contributed by atoms with Gasteiger partial charge in [0.2, 0.25) is 0 Å². The zero-order valence-corrected chi connectivity index (χ0v) is 14.6. The molecule has 1 unspecified atom stereocenters. The minimum absolute atomic E-state index is 0.0625. The van der Waals surface area contributed by atoms with Crippen LogP contribution in [0.4, 0.5) is 10.6 Å². The van der Waals surface area contributed by atoms with E-state index in [-0.39, 0.29) is 12.1 Å². The van der Waals surface area contributed by atoms with Gasteiger partial charge in [0, 0.05) is 48.8 Å². The number of carbonyl (C=O) groups excluding carboxylic acids is 1. The van der Waals surface area contributed by atoms with Crippen molar-refractivity contribution < 1.29 is 9.53 Å². The van der Waals surface area contributed by atoms with Crippen LogP contribution in [0.3, 0.4) is 0 Å². The fraction of sp³-hybridized carbons (Fsp3) is 0.444. The van der Waals surface area contributed by atoms with Gasteiger partial charge < -0.3 is 15.0 Å². The van der Waals surface area contributed by atoms with Crippen LogP contribution in [0.15, 0.2) is 30.6 Å². The van der Waals surface area contributed by atoms with Crippen molar-refractivity contribution in [3.63, 3.8) is 0 Å². The predicted molar refractivity (Wildman–Crippen MR) is 95.4 cm³/mol. The van der Waals surface area contributed by atoms with E-state index < -0.39 is 0 Å². The van der Waals surface area contributed by atoms with Crippen LogP contribution in [-0.2, 0) is 4.74 Å². The number of anilines is 1. The molecule has 1 N–H and O–H groups in total. The van der Waals surface area contributed by atoms with Crippen LogP contribution in [-0.4, -0.2) is 46.8 Å². The highest BCUT2D eigenvalue weighted by molar-refractivity contribution is 5.67. The molecule has 3 rings (SSSR count). The first-order valence-electron chi connectivity index (χ1n) is 8.60. The van der Waals surface area contributed by atoms with E-state index in [0.29, 0.717) is 19.0 Å². The number of pyridine rings is 1. The summed E-state index contributed by atoms with van der Waals surface area (Å²) in [6.07, 6.45) is 5.05. The van der Waals surface area contributed by atoms with Gasteiger partial charge in [-0.3, -0.25) is 4.98 Å². The average Bonchev–Trinajstić information content (AvgIpc) is 2.62. The minimum Gasteiger partial charge on any atom is -0.450 e. The zero-order valence-electron chi connectivity index (χ0n) is 14.6. The SMILES string of the molecule is CCOC(=O)NC1CCCN(c2cc(C)nc(-c3ccncc3)n2)C1. The van der Waals surface area contributed by atoms with Crippen molar-refractivity contribution in [2.24, 2.45) is 0 Å². The molecule has 7 nitrogen and oxygen atoms in total. The lowest BCUT2D eigenvalue weighted by Crippen LogP contribution is -2.48. The van der Waals surface area contributed by atoms with Crippen molar-refractivity contribution in [2.75, 3.05) is 24.6 Å². The molecule has 7 heteroatoms. The van der Waals surface area contributed by atoms with Crippen LogP contribution in [0.2, 0.25) is 0 Å². The highest BCUT2D eigenvalue weighted by Gasteiger charge is 2.23. The molecule has 1 amide bonds. The van der Waals surface area contributed by atoms with E-state index in [4.69, 9.17) is 9.72 Å². The number of hydrogen-bond donors (Lipinski definition) is 1. The Morgan fingerprint density at radius 1 is 1.36 bits per heavy atom. The summed E-state index contributed by atoms with van der Waals surface area (Å²) < 4.78 is 4.98. The quantitative estimate of drug-likeness (QED) is 0.920. The van der Waals surface area contributed by atoms with E-state index in [1.165, 1.54) is 0 Å². The van der Waals surface area contributed by atoms with Crippen LogP contribution in [0.25, 0.3) is 11.4 Å². The molecule has 0 bridgehead atoms. The van der Waals surface area contributed by atoms with Crippen LogP contribution in [0.5, 0.6) is 0 Å². The number of rotatable bonds is 4. The molecule has 1 saturated heterocycles. The highest BCUT2D eigenvalue weighted by Crippen LogP contribution is 2.22. The van der Waals surface area contributed by atoms with Gasteiger partial charge in [-0.1, -0.05) is 0 Å². The van der Waals surface area contributed by atoms with E-state index in [1.54, 1.807) is 19.3 Å². The van der Waals surface area contributed by atoms with Gasteiger partial charge in [0.25, 0.3) is 0 Å². The predicted octanol–water partition coefficient (Wildman–Crippen LogP) is 2.56. The summed E-state index contributed by atoms with van der Waals surface area (Å²) in [4.78, 5) is 27.2. The van der Waals surface area contributed by atoms with E-state index in [9.17, 15) is 4.79 Å². The van der Waals surface area contributed by atoms with E-state index in [2.05, 4.69) is 20.2 Å². The third kappa shape index (κ3) is 4.43. The second-order valence-electron chi connectivity index (χ2n) is 6.08. The van der Waals surface area contributed by atoms with Gasteiger partial charge in [-0.25, -0.2) is 14.8 Å². The molecule has 25 heavy (non-hydrogen) atoms. The molecule has 3 heterocycles. The molecule has 2 aromatic heterocycles. The molecule has 1 atom stereocenters. The lowest BCUT2D eigenvalue weighted by atomic mass is 10.1. The second kappa shape index (κ2) is 7.92. The third-order valence-electron chi connectivity index (χ3n) is 4.12. The number of ether oxygens (including phenoxy) is 1. The van der Waals surface area contributed by atoms with Crippen LogP contribution < -0.4 is 10.2 Å². The molecule has 0 aliphatic carbocycles. The molecule has 1 aliphatic heterocycles. The Morgan fingerprint density at radius 2 is 2.16 bits per heavy atom. The molecule has 0 spiro atoms. The number of amides is 1. The fourth-order valence-electron chi connectivity index (χ4n) is 2.99. The Bertz CT molecular complexity index is 723. The van der Waals surface area contributed by atoms with Crippen molar-refractivity contribution in [2.45, 2.75) is 32.7 Å². The molecule has 1 aliphatic rings. The van der Waals surface area contributed by atoms with Gasteiger partial charge in [0.1, 0.15) is 5.82 Å². The largest absolute Gasteiger partial charge is 0.450 e. The maximum atomic E-state index is 11.7. The summed E-state index contributed by atoms with van der Waals surface area (Å²) in [7, 11) is 0.